The molecule has 2 unspecified atom stereocenters. The SMILES string of the molecule is CCC1CCCCC1n1c(CO)n[nH]c1=S. The van der Waals surface area contributed by atoms with Gasteiger partial charge in [-0.25, -0.2) is 0 Å². The highest BCUT2D eigenvalue weighted by atomic mass is 32.1. The molecule has 0 spiro atoms. The number of H-pyrrole nitrogens is 1. The van der Waals surface area contributed by atoms with Crippen LogP contribution in [0.5, 0.6) is 0 Å². The smallest absolute Gasteiger partial charge is 0.195 e. The highest BCUT2D eigenvalue weighted by molar-refractivity contribution is 7.71. The van der Waals surface area contributed by atoms with Gasteiger partial charge in [0.25, 0.3) is 0 Å². The van der Waals surface area contributed by atoms with Crippen molar-refractivity contribution in [3.63, 3.8) is 0 Å². The Kier molecular flexibility index (Phi) is 3.76. The van der Waals surface area contributed by atoms with E-state index in [0.29, 0.717) is 22.6 Å². The zero-order valence-corrected chi connectivity index (χ0v) is 10.5. The Morgan fingerprint density at radius 2 is 2.25 bits per heavy atom. The van der Waals surface area contributed by atoms with Gasteiger partial charge in [0.1, 0.15) is 6.61 Å². The first-order valence-electron chi connectivity index (χ1n) is 6.04. The van der Waals surface area contributed by atoms with Crippen molar-refractivity contribution in [3.05, 3.63) is 10.6 Å². The second kappa shape index (κ2) is 5.10. The van der Waals surface area contributed by atoms with Crippen LogP contribution in [0.25, 0.3) is 0 Å². The Bertz CT molecular complexity index is 398. The molecule has 0 saturated heterocycles. The maximum atomic E-state index is 9.27. The molecule has 1 aromatic rings. The van der Waals surface area contributed by atoms with Crippen LogP contribution in [0.3, 0.4) is 0 Å². The van der Waals surface area contributed by atoms with Gasteiger partial charge in [0, 0.05) is 6.04 Å². The van der Waals surface area contributed by atoms with Gasteiger partial charge in [-0.05, 0) is 31.0 Å². The van der Waals surface area contributed by atoms with Gasteiger partial charge in [-0.3, -0.25) is 9.67 Å². The van der Waals surface area contributed by atoms with Crippen LogP contribution in [0, 0.1) is 10.7 Å². The van der Waals surface area contributed by atoms with E-state index in [1.54, 1.807) is 0 Å². The maximum Gasteiger partial charge on any atom is 0.195 e. The van der Waals surface area contributed by atoms with E-state index in [1.807, 2.05) is 4.57 Å². The van der Waals surface area contributed by atoms with Crippen molar-refractivity contribution in [1.82, 2.24) is 14.8 Å². The number of aliphatic hydroxyl groups is 1. The topological polar surface area (TPSA) is 53.8 Å². The number of hydrogen-bond donors (Lipinski definition) is 2. The summed E-state index contributed by atoms with van der Waals surface area (Å²) in [6.07, 6.45) is 6.15. The molecule has 1 aliphatic rings. The minimum Gasteiger partial charge on any atom is -0.388 e. The number of nitrogens with one attached hydrogen (secondary N) is 1. The fourth-order valence-electron chi connectivity index (χ4n) is 2.80. The number of aromatic nitrogens is 3. The van der Waals surface area contributed by atoms with Gasteiger partial charge in [-0.15, -0.1) is 0 Å². The zero-order valence-electron chi connectivity index (χ0n) is 9.65. The van der Waals surface area contributed by atoms with Crippen LogP contribution in [-0.4, -0.2) is 19.9 Å². The third-order valence-electron chi connectivity index (χ3n) is 3.64. The van der Waals surface area contributed by atoms with E-state index in [4.69, 9.17) is 12.2 Å². The summed E-state index contributed by atoms with van der Waals surface area (Å²) >= 11 is 5.25. The Labute approximate surface area is 101 Å². The fraction of sp³-hybridized carbons (Fsp3) is 0.818. The van der Waals surface area contributed by atoms with Crippen molar-refractivity contribution in [2.24, 2.45) is 5.92 Å². The van der Waals surface area contributed by atoms with Crippen LogP contribution < -0.4 is 0 Å². The van der Waals surface area contributed by atoms with Gasteiger partial charge in [-0.1, -0.05) is 26.2 Å². The Morgan fingerprint density at radius 1 is 1.50 bits per heavy atom. The summed E-state index contributed by atoms with van der Waals surface area (Å²) in [6, 6.07) is 0.423. The van der Waals surface area contributed by atoms with Crippen molar-refractivity contribution in [2.75, 3.05) is 0 Å². The molecule has 16 heavy (non-hydrogen) atoms. The number of rotatable bonds is 3. The molecular weight excluding hydrogens is 222 g/mol. The van der Waals surface area contributed by atoms with Gasteiger partial charge in [0.15, 0.2) is 10.6 Å². The van der Waals surface area contributed by atoms with Gasteiger partial charge < -0.3 is 5.11 Å². The van der Waals surface area contributed by atoms with Crippen LogP contribution in [-0.2, 0) is 6.61 Å². The maximum absolute atomic E-state index is 9.27. The standard InChI is InChI=1S/C11H19N3OS/c1-2-8-5-3-4-6-9(8)14-10(7-15)12-13-11(14)16/h8-9,15H,2-7H2,1H3,(H,13,16). The molecule has 1 fully saturated rings. The van der Waals surface area contributed by atoms with Gasteiger partial charge >= 0.3 is 0 Å². The fourth-order valence-corrected chi connectivity index (χ4v) is 3.08. The molecule has 1 aromatic heterocycles. The second-order valence-electron chi connectivity index (χ2n) is 4.49. The van der Waals surface area contributed by atoms with E-state index in [0.717, 1.165) is 6.42 Å². The van der Waals surface area contributed by atoms with Crippen LogP contribution in [0.1, 0.15) is 50.9 Å². The quantitative estimate of drug-likeness (QED) is 0.800. The average molecular weight is 241 g/mol. The molecule has 1 saturated carbocycles. The van der Waals surface area contributed by atoms with E-state index >= 15 is 0 Å². The lowest BCUT2D eigenvalue weighted by atomic mass is 9.82. The molecule has 5 heteroatoms. The first-order valence-corrected chi connectivity index (χ1v) is 6.45. The first kappa shape index (κ1) is 11.8. The lowest BCUT2D eigenvalue weighted by Crippen LogP contribution is -2.24. The lowest BCUT2D eigenvalue weighted by Gasteiger charge is -2.32. The Hall–Kier alpha value is -0.680. The molecular formula is C11H19N3OS. The summed E-state index contributed by atoms with van der Waals surface area (Å²) in [5, 5.41) is 16.1. The van der Waals surface area contributed by atoms with Crippen molar-refractivity contribution in [1.29, 1.82) is 0 Å². The van der Waals surface area contributed by atoms with Gasteiger partial charge in [0.05, 0.1) is 0 Å². The Morgan fingerprint density at radius 3 is 2.94 bits per heavy atom. The number of nitrogens with zero attached hydrogens (tertiary/aromatic N) is 2. The number of aliphatic hydroxyl groups excluding tert-OH is 1. The molecule has 0 radical (unpaired) electrons. The molecule has 0 bridgehead atoms. The van der Waals surface area contributed by atoms with E-state index in [-0.39, 0.29) is 6.61 Å². The minimum absolute atomic E-state index is 0.0416. The zero-order chi connectivity index (χ0) is 11.5. The predicted molar refractivity (Wildman–Crippen MR) is 64.6 cm³/mol. The molecule has 4 nitrogen and oxygen atoms in total. The second-order valence-corrected chi connectivity index (χ2v) is 4.88. The minimum atomic E-state index is -0.0416. The third-order valence-corrected chi connectivity index (χ3v) is 3.93. The van der Waals surface area contributed by atoms with Crippen molar-refractivity contribution >= 4 is 12.2 Å². The van der Waals surface area contributed by atoms with E-state index < -0.39 is 0 Å². The lowest BCUT2D eigenvalue weighted by molar-refractivity contribution is 0.206. The largest absolute Gasteiger partial charge is 0.388 e. The first-order chi connectivity index (χ1) is 7.77. The molecule has 2 rings (SSSR count). The normalized spacial score (nSPS) is 25.9. The van der Waals surface area contributed by atoms with E-state index in [1.165, 1.54) is 25.7 Å². The Balaban J connectivity index is 2.33. The molecule has 1 aliphatic carbocycles. The molecule has 0 amide bonds. The van der Waals surface area contributed by atoms with Crippen LogP contribution >= 0.6 is 12.2 Å². The summed E-state index contributed by atoms with van der Waals surface area (Å²) in [5.74, 6) is 1.35. The summed E-state index contributed by atoms with van der Waals surface area (Å²) in [6.45, 7) is 2.19. The van der Waals surface area contributed by atoms with Crippen molar-refractivity contribution in [3.8, 4) is 0 Å². The highest BCUT2D eigenvalue weighted by Gasteiger charge is 2.27. The average Bonchev–Trinajstić information content (AvgIpc) is 2.70. The molecule has 0 aromatic carbocycles. The van der Waals surface area contributed by atoms with E-state index in [2.05, 4.69) is 17.1 Å². The van der Waals surface area contributed by atoms with Crippen LogP contribution in [0.2, 0.25) is 0 Å². The molecule has 1 heterocycles. The molecule has 0 aliphatic heterocycles. The van der Waals surface area contributed by atoms with Gasteiger partial charge in [0.2, 0.25) is 0 Å². The van der Waals surface area contributed by atoms with E-state index in [9.17, 15) is 5.11 Å². The number of hydrogen-bond acceptors (Lipinski definition) is 3. The summed E-state index contributed by atoms with van der Waals surface area (Å²) < 4.78 is 2.68. The van der Waals surface area contributed by atoms with Gasteiger partial charge in [-0.2, -0.15) is 5.10 Å². The monoisotopic (exact) mass is 241 g/mol. The number of aromatic amines is 1. The summed E-state index contributed by atoms with van der Waals surface area (Å²) in [7, 11) is 0. The van der Waals surface area contributed by atoms with Crippen molar-refractivity contribution < 1.29 is 5.11 Å². The highest BCUT2D eigenvalue weighted by Crippen LogP contribution is 2.36. The summed E-state index contributed by atoms with van der Waals surface area (Å²) in [4.78, 5) is 0. The summed E-state index contributed by atoms with van der Waals surface area (Å²) in [5.41, 5.74) is 0. The molecule has 90 valence electrons. The predicted octanol–water partition coefficient (Wildman–Crippen LogP) is 2.57. The van der Waals surface area contributed by atoms with Crippen molar-refractivity contribution in [2.45, 2.75) is 51.7 Å². The molecule has 2 atom stereocenters. The van der Waals surface area contributed by atoms with Crippen LogP contribution in [0.4, 0.5) is 0 Å². The third kappa shape index (κ3) is 2.06. The molecule has 2 N–H and O–H groups in total. The van der Waals surface area contributed by atoms with Crippen LogP contribution in [0.15, 0.2) is 0 Å².